The van der Waals surface area contributed by atoms with Gasteiger partial charge in [0.2, 0.25) is 0 Å². The molecule has 0 aromatic carbocycles. The number of rotatable bonds is 5. The van der Waals surface area contributed by atoms with E-state index in [2.05, 4.69) is 27.8 Å². The maximum Gasteiger partial charge on any atom is 0.401 e. The number of alkyl halides is 3. The van der Waals surface area contributed by atoms with Gasteiger partial charge in [-0.3, -0.25) is 9.89 Å². The van der Waals surface area contributed by atoms with Crippen molar-refractivity contribution in [3.05, 3.63) is 12.2 Å². The Balaban J connectivity index is 0.00000264. The molecule has 1 aliphatic carbocycles. The Morgan fingerprint density at radius 1 is 1.30 bits per heavy atom. The van der Waals surface area contributed by atoms with Crippen molar-refractivity contribution in [2.24, 2.45) is 10.9 Å². The highest BCUT2D eigenvalue weighted by molar-refractivity contribution is 14.0. The van der Waals surface area contributed by atoms with Gasteiger partial charge in [-0.15, -0.1) is 24.0 Å². The van der Waals surface area contributed by atoms with Gasteiger partial charge >= 0.3 is 6.18 Å². The lowest BCUT2D eigenvalue weighted by molar-refractivity contribution is -0.143. The van der Waals surface area contributed by atoms with E-state index in [1.807, 2.05) is 6.92 Å². The first-order chi connectivity index (χ1) is 10.5. The molecule has 0 radical (unpaired) electrons. The van der Waals surface area contributed by atoms with Gasteiger partial charge in [-0.1, -0.05) is 12.2 Å². The zero-order valence-electron chi connectivity index (χ0n) is 13.4. The van der Waals surface area contributed by atoms with Crippen LogP contribution in [0.15, 0.2) is 17.1 Å². The van der Waals surface area contributed by atoms with Gasteiger partial charge in [0.05, 0.1) is 6.54 Å². The average molecular weight is 446 g/mol. The number of nitrogens with one attached hydrogen (secondary N) is 2. The number of hydrogen-bond acceptors (Lipinski definition) is 2. The molecule has 0 bridgehead atoms. The molecule has 1 saturated heterocycles. The Labute approximate surface area is 153 Å². The van der Waals surface area contributed by atoms with E-state index >= 15 is 0 Å². The monoisotopic (exact) mass is 446 g/mol. The van der Waals surface area contributed by atoms with Crippen molar-refractivity contribution < 1.29 is 13.2 Å². The quantitative estimate of drug-likeness (QED) is 0.296. The van der Waals surface area contributed by atoms with Crippen LogP contribution < -0.4 is 10.6 Å². The smallest absolute Gasteiger partial charge is 0.357 e. The summed E-state index contributed by atoms with van der Waals surface area (Å²) in [5, 5.41) is 6.57. The molecular weight excluding hydrogens is 420 g/mol. The molecular formula is C15H26F3IN4. The molecule has 2 N–H and O–H groups in total. The van der Waals surface area contributed by atoms with Gasteiger partial charge in [-0.2, -0.15) is 13.2 Å². The van der Waals surface area contributed by atoms with Crippen LogP contribution in [-0.4, -0.2) is 55.8 Å². The maximum atomic E-state index is 12.4. The predicted octanol–water partition coefficient (Wildman–Crippen LogP) is 2.76. The van der Waals surface area contributed by atoms with Gasteiger partial charge < -0.3 is 10.6 Å². The standard InChI is InChI=1S/C15H25F3N4.HI/c1-2-19-14(21-13-5-3-4-6-13)20-9-12-7-8-22(10-12)11-15(16,17)18;/h3-4,12-13H,2,5-11H2,1H3,(H2,19,20,21);1H. The van der Waals surface area contributed by atoms with E-state index in [0.717, 1.165) is 31.8 Å². The third kappa shape index (κ3) is 7.73. The molecule has 0 saturated carbocycles. The van der Waals surface area contributed by atoms with Crippen LogP contribution in [0, 0.1) is 5.92 Å². The third-order valence-electron chi connectivity index (χ3n) is 3.97. The van der Waals surface area contributed by atoms with E-state index in [9.17, 15) is 13.2 Å². The number of nitrogens with zero attached hydrogens (tertiary/aromatic N) is 2. The predicted molar refractivity (Wildman–Crippen MR) is 97.3 cm³/mol. The highest BCUT2D eigenvalue weighted by Crippen LogP contribution is 2.22. The van der Waals surface area contributed by atoms with Gasteiger partial charge in [0.25, 0.3) is 0 Å². The number of guanidine groups is 1. The minimum atomic E-state index is -4.11. The lowest BCUT2D eigenvalue weighted by Gasteiger charge is -2.18. The minimum absolute atomic E-state index is 0. The molecule has 0 amide bonds. The lowest BCUT2D eigenvalue weighted by atomic mass is 10.1. The highest BCUT2D eigenvalue weighted by Gasteiger charge is 2.34. The second kappa shape index (κ2) is 9.71. The van der Waals surface area contributed by atoms with E-state index in [4.69, 9.17) is 0 Å². The topological polar surface area (TPSA) is 39.7 Å². The first-order valence-corrected chi connectivity index (χ1v) is 7.95. The largest absolute Gasteiger partial charge is 0.401 e. The van der Waals surface area contributed by atoms with Gasteiger partial charge in [0.15, 0.2) is 5.96 Å². The fraction of sp³-hybridized carbons (Fsp3) is 0.800. The number of aliphatic imine (C=N–C) groups is 1. The Morgan fingerprint density at radius 3 is 2.61 bits per heavy atom. The van der Waals surface area contributed by atoms with Crippen LogP contribution in [0.4, 0.5) is 13.2 Å². The second-order valence-electron chi connectivity index (χ2n) is 6.01. The van der Waals surface area contributed by atoms with Crippen LogP contribution >= 0.6 is 24.0 Å². The van der Waals surface area contributed by atoms with E-state index < -0.39 is 12.7 Å². The van der Waals surface area contributed by atoms with Crippen molar-refractivity contribution in [3.8, 4) is 0 Å². The van der Waals surface area contributed by atoms with E-state index in [1.165, 1.54) is 4.90 Å². The van der Waals surface area contributed by atoms with Gasteiger partial charge in [-0.25, -0.2) is 0 Å². The van der Waals surface area contributed by atoms with E-state index in [-0.39, 0.29) is 29.9 Å². The molecule has 1 atom stereocenters. The van der Waals surface area contributed by atoms with Gasteiger partial charge in [0.1, 0.15) is 0 Å². The fourth-order valence-corrected chi connectivity index (χ4v) is 2.93. The summed E-state index contributed by atoms with van der Waals surface area (Å²) in [6.45, 7) is 3.54. The Hall–Kier alpha value is -0.510. The third-order valence-corrected chi connectivity index (χ3v) is 3.97. The summed E-state index contributed by atoms with van der Waals surface area (Å²) in [6, 6.07) is 0.378. The van der Waals surface area contributed by atoms with Gasteiger partial charge in [0, 0.05) is 25.7 Å². The second-order valence-corrected chi connectivity index (χ2v) is 6.01. The van der Waals surface area contributed by atoms with Crippen molar-refractivity contribution in [3.63, 3.8) is 0 Å². The summed E-state index contributed by atoms with van der Waals surface area (Å²) < 4.78 is 37.1. The fourth-order valence-electron chi connectivity index (χ4n) is 2.93. The molecule has 0 aromatic heterocycles. The van der Waals surface area contributed by atoms with Crippen molar-refractivity contribution in [1.82, 2.24) is 15.5 Å². The van der Waals surface area contributed by atoms with Crippen LogP contribution in [0.3, 0.4) is 0 Å². The van der Waals surface area contributed by atoms with Crippen LogP contribution in [-0.2, 0) is 0 Å². The first kappa shape index (κ1) is 20.5. The van der Waals surface area contributed by atoms with E-state index in [1.54, 1.807) is 0 Å². The SMILES string of the molecule is CCNC(=NCC1CCN(CC(F)(F)F)C1)NC1CC=CC1.I. The molecule has 1 aliphatic heterocycles. The Morgan fingerprint density at radius 2 is 2.00 bits per heavy atom. The summed E-state index contributed by atoms with van der Waals surface area (Å²) in [7, 11) is 0. The number of likely N-dealkylation sites (tertiary alicyclic amines) is 1. The van der Waals surface area contributed by atoms with Crippen LogP contribution in [0.5, 0.6) is 0 Å². The number of halogens is 4. The van der Waals surface area contributed by atoms with Crippen molar-refractivity contribution >= 4 is 29.9 Å². The summed E-state index contributed by atoms with van der Waals surface area (Å²) in [6.07, 6.45) is 2.95. The maximum absolute atomic E-state index is 12.4. The molecule has 2 rings (SSSR count). The van der Waals surface area contributed by atoms with Gasteiger partial charge in [-0.05, 0) is 38.6 Å². The zero-order chi connectivity index (χ0) is 16.0. The Kier molecular flexibility index (Phi) is 8.66. The molecule has 4 nitrogen and oxygen atoms in total. The normalized spacial score (nSPS) is 23.1. The first-order valence-electron chi connectivity index (χ1n) is 7.95. The molecule has 8 heteroatoms. The van der Waals surface area contributed by atoms with Crippen molar-refractivity contribution in [1.29, 1.82) is 0 Å². The molecule has 134 valence electrons. The van der Waals surface area contributed by atoms with Crippen LogP contribution in [0.1, 0.15) is 26.2 Å². The molecule has 1 heterocycles. The van der Waals surface area contributed by atoms with Crippen LogP contribution in [0.2, 0.25) is 0 Å². The molecule has 0 aromatic rings. The van der Waals surface area contributed by atoms with Crippen LogP contribution in [0.25, 0.3) is 0 Å². The summed E-state index contributed by atoms with van der Waals surface area (Å²) in [5.74, 6) is 0.977. The zero-order valence-corrected chi connectivity index (χ0v) is 15.7. The van der Waals surface area contributed by atoms with Crippen molar-refractivity contribution in [2.45, 2.75) is 38.4 Å². The van der Waals surface area contributed by atoms with E-state index in [0.29, 0.717) is 25.7 Å². The molecule has 0 spiro atoms. The minimum Gasteiger partial charge on any atom is -0.357 e. The summed E-state index contributed by atoms with van der Waals surface area (Å²) >= 11 is 0. The molecule has 23 heavy (non-hydrogen) atoms. The Bertz CT molecular complexity index is 404. The van der Waals surface area contributed by atoms with Crippen molar-refractivity contribution in [2.75, 3.05) is 32.7 Å². The number of hydrogen-bond donors (Lipinski definition) is 2. The molecule has 2 aliphatic rings. The lowest BCUT2D eigenvalue weighted by Crippen LogP contribution is -2.42. The summed E-state index contributed by atoms with van der Waals surface area (Å²) in [5.41, 5.74) is 0. The molecule has 1 fully saturated rings. The highest BCUT2D eigenvalue weighted by atomic mass is 127. The average Bonchev–Trinajstić information content (AvgIpc) is 3.06. The summed E-state index contributed by atoms with van der Waals surface area (Å²) in [4.78, 5) is 6.02. The molecule has 1 unspecified atom stereocenters.